The van der Waals surface area contributed by atoms with E-state index >= 15 is 0 Å². The Kier molecular flexibility index (Phi) is 3.59. The number of hydrogen-bond donors (Lipinski definition) is 1. The van der Waals surface area contributed by atoms with Crippen LogP contribution in [0, 0.1) is 6.92 Å². The highest BCUT2D eigenvalue weighted by atomic mass is 32.1. The van der Waals surface area contributed by atoms with Crippen molar-refractivity contribution in [2.75, 3.05) is 0 Å². The number of para-hydroxylation sites is 2. The Morgan fingerprint density at radius 3 is 2.58 bits per heavy atom. The topological polar surface area (TPSA) is 63.3 Å². The van der Waals surface area contributed by atoms with Gasteiger partial charge < -0.3 is 5.21 Å². The molecule has 1 N–H and O–H groups in total. The molecule has 24 heavy (non-hydrogen) atoms. The van der Waals surface area contributed by atoms with E-state index < -0.39 is 0 Å². The molecule has 0 spiro atoms. The molecule has 0 amide bonds. The molecular formula is C18H14N4OS. The second kappa shape index (κ2) is 5.90. The van der Waals surface area contributed by atoms with E-state index in [9.17, 15) is 5.21 Å². The third-order valence-electron chi connectivity index (χ3n) is 3.86. The van der Waals surface area contributed by atoms with E-state index in [4.69, 9.17) is 0 Å². The summed E-state index contributed by atoms with van der Waals surface area (Å²) in [4.78, 5) is 4.69. The van der Waals surface area contributed by atoms with Crippen molar-refractivity contribution in [1.29, 1.82) is 0 Å². The zero-order valence-corrected chi connectivity index (χ0v) is 13.7. The summed E-state index contributed by atoms with van der Waals surface area (Å²) >= 11 is 1.41. The molecule has 2 aromatic carbocycles. The molecule has 2 aromatic heterocycles. The summed E-state index contributed by atoms with van der Waals surface area (Å²) in [5.41, 5.74) is 4.29. The van der Waals surface area contributed by atoms with Crippen molar-refractivity contribution in [3.8, 4) is 16.9 Å². The zero-order valence-electron chi connectivity index (χ0n) is 12.9. The lowest BCUT2D eigenvalue weighted by molar-refractivity contribution is 0.304. The minimum absolute atomic E-state index is 0.476. The van der Waals surface area contributed by atoms with Gasteiger partial charge in [-0.2, -0.15) is 5.10 Å². The maximum absolute atomic E-state index is 9.42. The van der Waals surface area contributed by atoms with E-state index in [0.29, 0.717) is 10.4 Å². The second-order valence-corrected chi connectivity index (χ2v) is 6.36. The Morgan fingerprint density at radius 2 is 1.79 bits per heavy atom. The van der Waals surface area contributed by atoms with Gasteiger partial charge in [-0.15, -0.1) is 11.3 Å². The third kappa shape index (κ3) is 2.37. The molecule has 6 heteroatoms. The van der Waals surface area contributed by atoms with Gasteiger partial charge in [0.25, 0.3) is 0 Å². The molecule has 4 rings (SSSR count). The van der Waals surface area contributed by atoms with Crippen LogP contribution in [-0.4, -0.2) is 20.0 Å². The molecule has 0 radical (unpaired) electrons. The molecule has 0 fully saturated rings. The number of aromatic nitrogens is 3. The van der Waals surface area contributed by atoms with E-state index in [2.05, 4.69) is 15.2 Å². The summed E-state index contributed by atoms with van der Waals surface area (Å²) in [6, 6.07) is 17.7. The molecule has 0 aliphatic heterocycles. The molecule has 0 aliphatic rings. The predicted molar refractivity (Wildman–Crippen MR) is 94.3 cm³/mol. The Balaban J connectivity index is 1.94. The summed E-state index contributed by atoms with van der Waals surface area (Å²) in [6.07, 6.45) is 1.76. The van der Waals surface area contributed by atoms with Crippen molar-refractivity contribution >= 4 is 21.6 Å². The zero-order chi connectivity index (χ0) is 16.5. The molecule has 0 atom stereocenters. The van der Waals surface area contributed by atoms with Crippen LogP contribution in [0.15, 0.2) is 65.9 Å². The van der Waals surface area contributed by atoms with Gasteiger partial charge in [0.05, 0.1) is 27.8 Å². The Bertz CT molecular complexity index is 1080. The molecule has 0 aliphatic carbocycles. The fraction of sp³-hybridized carbons (Fsp3) is 0.0556. The third-order valence-corrected chi connectivity index (χ3v) is 4.90. The minimum atomic E-state index is 0.476. The number of nitrogens with zero attached hydrogens (tertiary/aromatic N) is 4. The van der Waals surface area contributed by atoms with Crippen LogP contribution >= 0.6 is 11.3 Å². The first kappa shape index (κ1) is 14.6. The lowest BCUT2D eigenvalue weighted by atomic mass is 10.2. The van der Waals surface area contributed by atoms with Crippen molar-refractivity contribution in [1.82, 2.24) is 14.8 Å². The molecule has 0 bridgehead atoms. The first-order valence-corrected chi connectivity index (χ1v) is 8.28. The summed E-state index contributed by atoms with van der Waals surface area (Å²) < 4.78 is 3.31. The van der Waals surface area contributed by atoms with Crippen LogP contribution in [-0.2, 0) is 0 Å². The van der Waals surface area contributed by atoms with E-state index in [0.717, 1.165) is 27.2 Å². The lowest BCUT2D eigenvalue weighted by Gasteiger charge is -2.06. The Morgan fingerprint density at radius 1 is 1.04 bits per heavy atom. The number of hydrogen-bond acceptors (Lipinski definition) is 5. The fourth-order valence-electron chi connectivity index (χ4n) is 2.67. The average molecular weight is 334 g/mol. The molecule has 0 saturated carbocycles. The predicted octanol–water partition coefficient (Wildman–Crippen LogP) is 3.75. The quantitative estimate of drug-likeness (QED) is 0.448. The van der Waals surface area contributed by atoms with Gasteiger partial charge in [0, 0.05) is 5.56 Å². The van der Waals surface area contributed by atoms with E-state index in [-0.39, 0.29) is 0 Å². The van der Waals surface area contributed by atoms with Crippen LogP contribution in [0.4, 0.5) is 0 Å². The van der Waals surface area contributed by atoms with Gasteiger partial charge in [0.1, 0.15) is 5.69 Å². The van der Waals surface area contributed by atoms with Crippen LogP contribution in [0.5, 0.6) is 0 Å². The first-order chi connectivity index (χ1) is 11.8. The number of benzene rings is 2. The molecule has 118 valence electrons. The maximum atomic E-state index is 9.42. The summed E-state index contributed by atoms with van der Waals surface area (Å²) in [6.45, 7) is 1.98. The summed E-state index contributed by atoms with van der Waals surface area (Å²) in [5, 5.41) is 17.3. The highest BCUT2D eigenvalue weighted by Crippen LogP contribution is 2.24. The first-order valence-electron chi connectivity index (χ1n) is 7.46. The molecule has 5 nitrogen and oxygen atoms in total. The van der Waals surface area contributed by atoms with Crippen LogP contribution in [0.3, 0.4) is 0 Å². The second-order valence-electron chi connectivity index (χ2n) is 5.33. The molecule has 2 heterocycles. The average Bonchev–Trinajstić information content (AvgIpc) is 3.02. The van der Waals surface area contributed by atoms with Crippen molar-refractivity contribution in [3.05, 3.63) is 71.2 Å². The highest BCUT2D eigenvalue weighted by molar-refractivity contribution is 7.16. The van der Waals surface area contributed by atoms with Gasteiger partial charge >= 0.3 is 0 Å². The molecule has 4 aromatic rings. The minimum Gasteiger partial charge on any atom is -0.410 e. The van der Waals surface area contributed by atoms with E-state index in [1.54, 1.807) is 6.20 Å². The summed E-state index contributed by atoms with van der Waals surface area (Å²) in [5.74, 6) is 0. The van der Waals surface area contributed by atoms with Gasteiger partial charge in [-0.25, -0.2) is 9.67 Å². The molecular weight excluding hydrogens is 320 g/mol. The SMILES string of the molecule is Cc1c(-c2nc3ccccc3sc2=NO)cnn1-c1ccccc1. The van der Waals surface area contributed by atoms with Crippen molar-refractivity contribution in [3.63, 3.8) is 0 Å². The van der Waals surface area contributed by atoms with E-state index in [1.807, 2.05) is 66.2 Å². The van der Waals surface area contributed by atoms with Crippen LogP contribution in [0.25, 0.3) is 27.2 Å². The van der Waals surface area contributed by atoms with Crippen LogP contribution in [0.2, 0.25) is 0 Å². The summed E-state index contributed by atoms with van der Waals surface area (Å²) in [7, 11) is 0. The van der Waals surface area contributed by atoms with Crippen molar-refractivity contribution < 1.29 is 5.21 Å². The van der Waals surface area contributed by atoms with Gasteiger partial charge in [0.2, 0.25) is 0 Å². The van der Waals surface area contributed by atoms with Gasteiger partial charge in [0.15, 0.2) is 4.67 Å². The monoisotopic (exact) mass is 334 g/mol. The lowest BCUT2D eigenvalue weighted by Crippen LogP contribution is -2.06. The van der Waals surface area contributed by atoms with Gasteiger partial charge in [-0.1, -0.05) is 35.5 Å². The standard InChI is InChI=1S/C18H14N4OS/c1-12-14(11-19-22(12)13-7-3-2-4-8-13)17-18(21-23)24-16-10-6-5-9-15(16)20-17/h2-11,23H,1H3. The highest BCUT2D eigenvalue weighted by Gasteiger charge is 2.14. The fourth-order valence-corrected chi connectivity index (χ4v) is 3.54. The largest absolute Gasteiger partial charge is 0.410 e. The van der Waals surface area contributed by atoms with Crippen molar-refractivity contribution in [2.45, 2.75) is 6.92 Å². The van der Waals surface area contributed by atoms with E-state index in [1.165, 1.54) is 11.3 Å². The van der Waals surface area contributed by atoms with Crippen LogP contribution in [0.1, 0.15) is 5.69 Å². The Hall–Kier alpha value is -2.99. The smallest absolute Gasteiger partial charge is 0.182 e. The normalized spacial score (nSPS) is 12.0. The van der Waals surface area contributed by atoms with Crippen molar-refractivity contribution in [2.24, 2.45) is 5.16 Å². The Labute approximate surface area is 142 Å². The number of fused-ring (bicyclic) bond motifs is 1. The van der Waals surface area contributed by atoms with Gasteiger partial charge in [-0.3, -0.25) is 0 Å². The molecule has 0 unspecified atom stereocenters. The maximum Gasteiger partial charge on any atom is 0.182 e. The van der Waals surface area contributed by atoms with Crippen LogP contribution < -0.4 is 4.67 Å². The molecule has 0 saturated heterocycles. The number of rotatable bonds is 2. The van der Waals surface area contributed by atoms with Gasteiger partial charge in [-0.05, 0) is 31.2 Å².